The van der Waals surface area contributed by atoms with Crippen molar-refractivity contribution < 1.29 is 0 Å². The van der Waals surface area contributed by atoms with Crippen LogP contribution in [-0.2, 0) is 0 Å². The van der Waals surface area contributed by atoms with Crippen molar-refractivity contribution in [1.29, 1.82) is 0 Å². The number of rotatable bonds is 13. The second-order valence-electron chi connectivity index (χ2n) is 30.1. The Morgan fingerprint density at radius 3 is 0.609 bits per heavy atom. The first-order valence-electron chi connectivity index (χ1n) is 25.0. The van der Waals surface area contributed by atoms with Crippen LogP contribution in [0.15, 0.2) is 59.2 Å². The minimum atomic E-state index is -3.31. The summed E-state index contributed by atoms with van der Waals surface area (Å²) in [5, 5.41) is 21.5. The number of allylic oxidation sites excluding steroid dienone is 4. The van der Waals surface area contributed by atoms with Crippen molar-refractivity contribution in [1.82, 2.24) is 0 Å². The molecule has 64 heavy (non-hydrogen) atoms. The lowest BCUT2D eigenvalue weighted by atomic mass is 10.0. The monoisotopic (exact) mass is 1030 g/mol. The Hall–Kier alpha value is -0.691. The molecule has 0 aromatic heterocycles. The highest BCUT2D eigenvalue weighted by Crippen LogP contribution is 2.53. The van der Waals surface area contributed by atoms with Crippen molar-refractivity contribution in [3.63, 3.8) is 0 Å². The van der Waals surface area contributed by atoms with Crippen molar-refractivity contribution in [2.24, 2.45) is 0 Å². The molecular formula is C54H100Si10. The lowest BCUT2D eigenvalue weighted by Crippen LogP contribution is -2.92. The van der Waals surface area contributed by atoms with E-state index in [-0.39, 0.29) is 5.04 Å². The van der Waals surface area contributed by atoms with Gasteiger partial charge in [0.25, 0.3) is 0 Å². The number of hydrogen-bond donors (Lipinski definition) is 0. The van der Waals surface area contributed by atoms with E-state index in [4.69, 9.17) is 0 Å². The highest BCUT2D eigenvalue weighted by atomic mass is 28.4. The predicted molar refractivity (Wildman–Crippen MR) is 331 cm³/mol. The number of benzene rings is 3. The smallest absolute Gasteiger partial charge is 0.0730 e. The van der Waals surface area contributed by atoms with E-state index in [2.05, 4.69) is 247 Å². The van der Waals surface area contributed by atoms with Crippen LogP contribution >= 0.6 is 0 Å². The zero-order chi connectivity index (χ0) is 50.1. The second kappa shape index (κ2) is 17.0. The van der Waals surface area contributed by atoms with Crippen molar-refractivity contribution in [3.05, 3.63) is 59.2 Å². The Kier molecular flexibility index (Phi) is 14.9. The van der Waals surface area contributed by atoms with Gasteiger partial charge < -0.3 is 0 Å². The van der Waals surface area contributed by atoms with Gasteiger partial charge in [0.2, 0.25) is 0 Å². The van der Waals surface area contributed by atoms with Crippen molar-refractivity contribution in [2.45, 2.75) is 210 Å². The summed E-state index contributed by atoms with van der Waals surface area (Å²) in [6, 6.07) is 17.5. The third-order valence-electron chi connectivity index (χ3n) is 15.2. The molecule has 0 spiro atoms. The third kappa shape index (κ3) is 10.3. The van der Waals surface area contributed by atoms with Gasteiger partial charge in [-0.3, -0.25) is 0 Å². The van der Waals surface area contributed by atoms with Crippen LogP contribution in [0.1, 0.15) is 27.7 Å². The quantitative estimate of drug-likeness (QED) is 0.118. The van der Waals surface area contributed by atoms with Gasteiger partial charge in [-0.1, -0.05) is 284 Å². The molecule has 1 aliphatic carbocycles. The summed E-state index contributed by atoms with van der Waals surface area (Å²) in [7, 11) is -20.8. The molecule has 0 N–H and O–H groups in total. The summed E-state index contributed by atoms with van der Waals surface area (Å²) in [4.78, 5) is 0. The first kappa shape index (κ1) is 55.9. The van der Waals surface area contributed by atoms with E-state index in [1.807, 2.05) is 46.7 Å². The predicted octanol–water partition coefficient (Wildman–Crippen LogP) is 10.1. The van der Waals surface area contributed by atoms with E-state index in [1.165, 1.54) is 5.57 Å². The first-order valence-corrected chi connectivity index (χ1v) is 58.5. The van der Waals surface area contributed by atoms with Crippen LogP contribution in [0.4, 0.5) is 0 Å². The minimum Gasteiger partial charge on any atom is -0.0730 e. The van der Waals surface area contributed by atoms with Crippen LogP contribution in [0.25, 0.3) is 0 Å². The van der Waals surface area contributed by atoms with E-state index < -0.39 is 80.7 Å². The Morgan fingerprint density at radius 1 is 0.297 bits per heavy atom. The summed E-state index contributed by atoms with van der Waals surface area (Å²) in [6.07, 6.45) is 2.93. The summed E-state index contributed by atoms with van der Waals surface area (Å²) < 4.78 is 0. The van der Waals surface area contributed by atoms with Gasteiger partial charge in [-0.2, -0.15) is 0 Å². The summed E-state index contributed by atoms with van der Waals surface area (Å²) in [5.74, 6) is 0. The molecule has 356 valence electrons. The van der Waals surface area contributed by atoms with E-state index in [9.17, 15) is 0 Å². The maximum absolute atomic E-state index is 3.31. The third-order valence-corrected chi connectivity index (χ3v) is 40.8. The second-order valence-corrected chi connectivity index (χ2v) is 79.6. The fourth-order valence-electron chi connectivity index (χ4n) is 10.9. The standard InChI is InChI=1S/C54H100Si10/c1-39-38-54(4,41(3)40(39)2)64(51-45(58(14,15)16)32-42(55(5,6)7)33-46(51)59(17,18)19,52-47(60(20,21)22)34-43(56(8,9)10)35-48(52)61(23,24)25)53-49(62(26,27)28)36-44(57(11,12)13)37-50(53)63(29,30)31/h32-38H,1-31H3. The Bertz CT molecular complexity index is 2040. The van der Waals surface area contributed by atoms with Crippen molar-refractivity contribution >= 4 is 143 Å². The van der Waals surface area contributed by atoms with Gasteiger partial charge in [0.15, 0.2) is 8.07 Å². The van der Waals surface area contributed by atoms with Gasteiger partial charge in [0, 0.05) is 5.04 Å². The molecule has 0 radical (unpaired) electrons. The molecule has 1 unspecified atom stereocenters. The molecule has 1 atom stereocenters. The molecule has 0 heterocycles. The first-order chi connectivity index (χ1) is 28.1. The molecular weight excluding hydrogens is 929 g/mol. The normalized spacial score (nSPS) is 18.0. The molecule has 0 nitrogen and oxygen atoms in total. The molecule has 3 aromatic carbocycles. The van der Waals surface area contributed by atoms with Crippen LogP contribution in [0.2, 0.25) is 182 Å². The fraction of sp³-hybridized carbons (Fsp3) is 0.593. The Labute approximate surface area is 408 Å². The fourth-order valence-corrected chi connectivity index (χ4v) is 40.9. The van der Waals surface area contributed by atoms with Crippen molar-refractivity contribution in [3.8, 4) is 0 Å². The van der Waals surface area contributed by atoms with Gasteiger partial charge in [0.05, 0.1) is 72.7 Å². The van der Waals surface area contributed by atoms with E-state index in [1.54, 1.807) is 26.7 Å². The van der Waals surface area contributed by atoms with Crippen LogP contribution in [0.5, 0.6) is 0 Å². The summed E-state index contributed by atoms with van der Waals surface area (Å²) in [5.41, 5.74) is 4.72. The number of hydrogen-bond acceptors (Lipinski definition) is 0. The molecule has 0 saturated carbocycles. The maximum Gasteiger partial charge on any atom is 0.161 e. The topological polar surface area (TPSA) is 0 Å². The van der Waals surface area contributed by atoms with Crippen LogP contribution in [0.3, 0.4) is 0 Å². The average molecular weight is 1030 g/mol. The zero-order valence-electron chi connectivity index (χ0n) is 48.0. The maximum atomic E-state index is 2.93. The Morgan fingerprint density at radius 2 is 0.484 bits per heavy atom. The van der Waals surface area contributed by atoms with E-state index in [0.29, 0.717) is 0 Å². The lowest BCUT2D eigenvalue weighted by Gasteiger charge is -2.56. The summed E-state index contributed by atoms with van der Waals surface area (Å²) >= 11 is 0. The highest BCUT2D eigenvalue weighted by molar-refractivity contribution is 7.26. The molecule has 0 fully saturated rings. The van der Waals surface area contributed by atoms with Gasteiger partial charge in [0.1, 0.15) is 0 Å². The van der Waals surface area contributed by atoms with E-state index >= 15 is 0 Å². The molecule has 3 aromatic rings. The van der Waals surface area contributed by atoms with Gasteiger partial charge in [-0.15, -0.1) is 0 Å². The largest absolute Gasteiger partial charge is 0.161 e. The minimum absolute atomic E-state index is 0.183. The molecule has 0 aliphatic heterocycles. The van der Waals surface area contributed by atoms with E-state index in [0.717, 1.165) is 0 Å². The molecule has 0 amide bonds. The highest BCUT2D eigenvalue weighted by Gasteiger charge is 2.63. The molecule has 4 rings (SSSR count). The Balaban J connectivity index is 2.97. The van der Waals surface area contributed by atoms with Gasteiger partial charge >= 0.3 is 0 Å². The average Bonchev–Trinajstić information content (AvgIpc) is 3.26. The lowest BCUT2D eigenvalue weighted by molar-refractivity contribution is 0.872. The summed E-state index contributed by atoms with van der Waals surface area (Å²) in [6.45, 7) is 83.3. The van der Waals surface area contributed by atoms with Gasteiger partial charge in [-0.05, 0) is 41.9 Å². The molecule has 1 aliphatic rings. The van der Waals surface area contributed by atoms with Crippen LogP contribution < -0.4 is 62.2 Å². The molecule has 0 saturated heterocycles. The van der Waals surface area contributed by atoms with Crippen LogP contribution in [-0.4, -0.2) is 80.7 Å². The molecule has 10 heteroatoms. The zero-order valence-corrected chi connectivity index (χ0v) is 58.0. The van der Waals surface area contributed by atoms with Crippen LogP contribution in [0, 0.1) is 0 Å². The van der Waals surface area contributed by atoms with Gasteiger partial charge in [-0.25, -0.2) is 0 Å². The SMILES string of the molecule is CC1=CC(C)([Si](c2c([Si](C)(C)C)cc([Si](C)(C)C)cc2[Si](C)(C)C)(c2c([Si](C)(C)C)cc([Si](C)(C)C)cc2[Si](C)(C)C)c2c([Si](C)(C)C)cc([Si](C)(C)C)cc2[Si](C)(C)C)C(C)=C1C. The van der Waals surface area contributed by atoms with Crippen molar-refractivity contribution in [2.75, 3.05) is 0 Å². The molecule has 0 bridgehead atoms.